The number of carbonyl (C=O) groups excluding carboxylic acids is 1. The number of aldehydes is 1. The van der Waals surface area contributed by atoms with E-state index in [0.29, 0.717) is 42.3 Å². The lowest BCUT2D eigenvalue weighted by Crippen LogP contribution is -2.17. The number of nitrogens with zero attached hydrogens (tertiary/aromatic N) is 1. The lowest BCUT2D eigenvalue weighted by atomic mass is 10.1. The molecule has 1 aliphatic rings. The van der Waals surface area contributed by atoms with Crippen LogP contribution in [0, 0.1) is 0 Å². The van der Waals surface area contributed by atoms with Gasteiger partial charge in [-0.1, -0.05) is 30.3 Å². The third kappa shape index (κ3) is 2.76. The van der Waals surface area contributed by atoms with E-state index < -0.39 is 10.0 Å². The fraction of sp³-hybridized carbons (Fsp3) is 0.105. The maximum atomic E-state index is 13.2. The van der Waals surface area contributed by atoms with E-state index in [1.807, 2.05) is 18.2 Å². The monoisotopic (exact) mass is 369 g/mol. The van der Waals surface area contributed by atoms with Crippen LogP contribution in [0.15, 0.2) is 65.7 Å². The quantitative estimate of drug-likeness (QED) is 0.661. The van der Waals surface area contributed by atoms with E-state index in [1.165, 1.54) is 18.3 Å². The zero-order chi connectivity index (χ0) is 18.1. The van der Waals surface area contributed by atoms with Gasteiger partial charge < -0.3 is 9.47 Å². The number of hydrogen-bond donors (Lipinski definition) is 0. The smallest absolute Gasteiger partial charge is 0.268 e. The number of benzene rings is 2. The Morgan fingerprint density at radius 2 is 1.65 bits per heavy atom. The predicted octanol–water partition coefficient (Wildman–Crippen LogP) is 2.98. The summed E-state index contributed by atoms with van der Waals surface area (Å²) in [5.41, 5.74) is 1.40. The van der Waals surface area contributed by atoms with Crippen molar-refractivity contribution in [3.8, 4) is 22.8 Å². The SMILES string of the molecule is O=Cc1cc(-c2ccccc2)n(S(=O)(=O)c2ccc3c(c2)OCCO3)c1. The van der Waals surface area contributed by atoms with E-state index in [2.05, 4.69) is 0 Å². The molecule has 0 amide bonds. The van der Waals surface area contributed by atoms with Gasteiger partial charge >= 0.3 is 0 Å². The molecule has 4 rings (SSSR count). The normalized spacial score (nSPS) is 13.4. The maximum absolute atomic E-state index is 13.2. The molecule has 0 unspecified atom stereocenters. The summed E-state index contributed by atoms with van der Waals surface area (Å²) in [5.74, 6) is 0.904. The molecule has 132 valence electrons. The summed E-state index contributed by atoms with van der Waals surface area (Å²) in [4.78, 5) is 11.3. The van der Waals surface area contributed by atoms with Gasteiger partial charge in [0.25, 0.3) is 10.0 Å². The molecule has 0 saturated heterocycles. The second-order valence-corrected chi connectivity index (χ2v) is 7.56. The highest BCUT2D eigenvalue weighted by Crippen LogP contribution is 2.34. The van der Waals surface area contributed by atoms with E-state index in [-0.39, 0.29) is 10.5 Å². The number of ether oxygens (including phenoxy) is 2. The van der Waals surface area contributed by atoms with Crippen LogP contribution in [-0.2, 0) is 10.0 Å². The van der Waals surface area contributed by atoms with E-state index >= 15 is 0 Å². The van der Waals surface area contributed by atoms with Crippen LogP contribution in [0.3, 0.4) is 0 Å². The first-order valence-electron chi connectivity index (χ1n) is 7.98. The van der Waals surface area contributed by atoms with Gasteiger partial charge in [-0.15, -0.1) is 0 Å². The summed E-state index contributed by atoms with van der Waals surface area (Å²) < 4.78 is 38.4. The molecule has 6 nitrogen and oxygen atoms in total. The largest absolute Gasteiger partial charge is 0.486 e. The van der Waals surface area contributed by atoms with Gasteiger partial charge in [0.15, 0.2) is 17.8 Å². The number of hydrogen-bond acceptors (Lipinski definition) is 5. The standard InChI is InChI=1S/C19H15NO5S/c21-13-14-10-17(15-4-2-1-3-5-15)20(12-14)26(22,23)16-6-7-18-19(11-16)25-9-8-24-18/h1-7,10-13H,8-9H2. The highest BCUT2D eigenvalue weighted by molar-refractivity contribution is 7.90. The summed E-state index contributed by atoms with van der Waals surface area (Å²) in [5, 5.41) is 0. The highest BCUT2D eigenvalue weighted by Gasteiger charge is 2.24. The summed E-state index contributed by atoms with van der Waals surface area (Å²) in [6, 6.07) is 15.1. The van der Waals surface area contributed by atoms with Crippen LogP contribution in [0.4, 0.5) is 0 Å². The molecule has 3 aromatic rings. The highest BCUT2D eigenvalue weighted by atomic mass is 32.2. The molecule has 0 atom stereocenters. The lowest BCUT2D eigenvalue weighted by Gasteiger charge is -2.19. The summed E-state index contributed by atoms with van der Waals surface area (Å²) >= 11 is 0. The van der Waals surface area contributed by atoms with Crippen LogP contribution in [0.5, 0.6) is 11.5 Å². The topological polar surface area (TPSA) is 74.6 Å². The first-order valence-corrected chi connectivity index (χ1v) is 9.42. The first-order chi connectivity index (χ1) is 12.6. The van der Waals surface area contributed by atoms with Crippen LogP contribution < -0.4 is 9.47 Å². The van der Waals surface area contributed by atoms with Crippen LogP contribution in [0.1, 0.15) is 10.4 Å². The Balaban J connectivity index is 1.86. The van der Waals surface area contributed by atoms with Crippen molar-refractivity contribution in [2.45, 2.75) is 4.90 Å². The first kappa shape index (κ1) is 16.4. The second kappa shape index (κ2) is 6.34. The van der Waals surface area contributed by atoms with Crippen molar-refractivity contribution in [2.75, 3.05) is 13.2 Å². The molecular weight excluding hydrogens is 354 g/mol. The summed E-state index contributed by atoms with van der Waals surface area (Å²) in [6.07, 6.45) is 1.95. The van der Waals surface area contributed by atoms with E-state index in [1.54, 1.807) is 24.3 Å². The van der Waals surface area contributed by atoms with Crippen LogP contribution >= 0.6 is 0 Å². The van der Waals surface area contributed by atoms with Gasteiger partial charge in [-0.05, 0) is 23.8 Å². The number of carbonyl (C=O) groups is 1. The minimum Gasteiger partial charge on any atom is -0.486 e. The molecule has 1 aliphatic heterocycles. The van der Waals surface area contributed by atoms with Crippen molar-refractivity contribution in [1.82, 2.24) is 3.97 Å². The Morgan fingerprint density at radius 1 is 0.923 bits per heavy atom. The van der Waals surface area contributed by atoms with E-state index in [9.17, 15) is 13.2 Å². The average Bonchev–Trinajstić information content (AvgIpc) is 3.14. The third-order valence-corrected chi connectivity index (χ3v) is 5.75. The zero-order valence-electron chi connectivity index (χ0n) is 13.7. The second-order valence-electron chi connectivity index (χ2n) is 5.75. The van der Waals surface area contributed by atoms with Gasteiger partial charge in [-0.2, -0.15) is 0 Å². The number of fused-ring (bicyclic) bond motifs is 1. The van der Waals surface area contributed by atoms with E-state index in [4.69, 9.17) is 9.47 Å². The van der Waals surface area contributed by atoms with Gasteiger partial charge in [-0.25, -0.2) is 12.4 Å². The molecule has 0 spiro atoms. The number of aromatic nitrogens is 1. The molecule has 1 aromatic heterocycles. The molecule has 0 bridgehead atoms. The molecule has 7 heteroatoms. The van der Waals surface area contributed by atoms with E-state index in [0.717, 1.165) is 3.97 Å². The molecule has 26 heavy (non-hydrogen) atoms. The Morgan fingerprint density at radius 3 is 2.38 bits per heavy atom. The predicted molar refractivity (Wildman–Crippen MR) is 95.3 cm³/mol. The van der Waals surface area contributed by atoms with Crippen molar-refractivity contribution in [3.63, 3.8) is 0 Å². The third-order valence-electron chi connectivity index (χ3n) is 4.08. The summed E-state index contributed by atoms with van der Waals surface area (Å²) in [7, 11) is -3.92. The molecule has 2 aromatic carbocycles. The minimum absolute atomic E-state index is 0.0620. The van der Waals surface area contributed by atoms with Crippen LogP contribution in [-0.4, -0.2) is 31.9 Å². The molecule has 0 saturated carbocycles. The molecule has 0 N–H and O–H groups in total. The number of rotatable bonds is 4. The molecule has 2 heterocycles. The fourth-order valence-corrected chi connectivity index (χ4v) is 4.24. The molecule has 0 aliphatic carbocycles. The van der Waals surface area contributed by atoms with Crippen LogP contribution in [0.25, 0.3) is 11.3 Å². The van der Waals surface area contributed by atoms with Crippen LogP contribution in [0.2, 0.25) is 0 Å². The van der Waals surface area contributed by atoms with Crippen molar-refractivity contribution >= 4 is 16.3 Å². The van der Waals surface area contributed by atoms with Crippen molar-refractivity contribution in [1.29, 1.82) is 0 Å². The average molecular weight is 369 g/mol. The summed E-state index contributed by atoms with van der Waals surface area (Å²) in [6.45, 7) is 0.794. The molecule has 0 fully saturated rings. The van der Waals surface area contributed by atoms with Gasteiger partial charge in [0.1, 0.15) is 13.2 Å². The Kier molecular flexibility index (Phi) is 4.00. The zero-order valence-corrected chi connectivity index (χ0v) is 14.5. The van der Waals surface area contributed by atoms with Gasteiger partial charge in [0.2, 0.25) is 0 Å². The molecular formula is C19H15NO5S. The van der Waals surface area contributed by atoms with Crippen molar-refractivity contribution in [3.05, 3.63) is 66.4 Å². The van der Waals surface area contributed by atoms with Gasteiger partial charge in [0, 0.05) is 17.8 Å². The Bertz CT molecular complexity index is 1070. The lowest BCUT2D eigenvalue weighted by molar-refractivity contribution is 0.112. The fourth-order valence-electron chi connectivity index (χ4n) is 2.84. The van der Waals surface area contributed by atoms with Gasteiger partial charge in [-0.3, -0.25) is 4.79 Å². The van der Waals surface area contributed by atoms with Gasteiger partial charge in [0.05, 0.1) is 10.6 Å². The van der Waals surface area contributed by atoms with Crippen molar-refractivity contribution < 1.29 is 22.7 Å². The Labute approximate surface area is 150 Å². The maximum Gasteiger partial charge on any atom is 0.268 e. The minimum atomic E-state index is -3.92. The van der Waals surface area contributed by atoms with Crippen molar-refractivity contribution in [2.24, 2.45) is 0 Å². The molecule has 0 radical (unpaired) electrons. The Hall–Kier alpha value is -3.06.